The van der Waals surface area contributed by atoms with Gasteiger partial charge in [-0.05, 0) is 49.9 Å². The first-order valence-electron chi connectivity index (χ1n) is 5.41. The summed E-state index contributed by atoms with van der Waals surface area (Å²) in [5.74, 6) is 0. The summed E-state index contributed by atoms with van der Waals surface area (Å²) in [6.07, 6.45) is 1.80. The van der Waals surface area contributed by atoms with Crippen molar-refractivity contribution in [2.24, 2.45) is 0 Å². The topological polar surface area (TPSA) is 36.0 Å². The number of aliphatic hydroxyl groups is 1. The minimum atomic E-state index is 0.267. The lowest BCUT2D eigenvalue weighted by molar-refractivity contribution is 0.288. The molecular weight excluding hydrogens is 186 g/mol. The van der Waals surface area contributed by atoms with Gasteiger partial charge in [-0.1, -0.05) is 6.07 Å². The summed E-state index contributed by atoms with van der Waals surface area (Å²) < 4.78 is 0. The van der Waals surface area contributed by atoms with Gasteiger partial charge >= 0.3 is 0 Å². The summed E-state index contributed by atoms with van der Waals surface area (Å²) in [7, 11) is 0. The zero-order valence-electron chi connectivity index (χ0n) is 9.30. The van der Waals surface area contributed by atoms with E-state index in [4.69, 9.17) is 5.11 Å². The summed E-state index contributed by atoms with van der Waals surface area (Å²) in [6, 6.07) is 6.49. The average molecular weight is 203 g/mol. The van der Waals surface area contributed by atoms with Crippen molar-refractivity contribution in [2.75, 3.05) is 6.61 Å². The Morgan fingerprint density at radius 2 is 2.07 bits per heavy atom. The molecule has 2 N–H and O–H groups in total. The van der Waals surface area contributed by atoms with Gasteiger partial charge in [0.1, 0.15) is 0 Å². The zero-order chi connectivity index (χ0) is 10.8. The Kier molecular flexibility index (Phi) is 2.78. The van der Waals surface area contributed by atoms with Crippen molar-refractivity contribution >= 4 is 10.9 Å². The number of benzene rings is 1. The third-order valence-electron chi connectivity index (χ3n) is 3.00. The molecule has 0 aliphatic carbocycles. The molecule has 15 heavy (non-hydrogen) atoms. The van der Waals surface area contributed by atoms with Crippen LogP contribution in [-0.2, 0) is 6.42 Å². The number of nitrogens with one attached hydrogen (secondary N) is 1. The van der Waals surface area contributed by atoms with E-state index < -0.39 is 0 Å². The molecule has 0 saturated carbocycles. The molecule has 2 rings (SSSR count). The lowest BCUT2D eigenvalue weighted by Crippen LogP contribution is -1.88. The third kappa shape index (κ3) is 1.90. The zero-order valence-corrected chi connectivity index (χ0v) is 9.30. The lowest BCUT2D eigenvalue weighted by atomic mass is 10.1. The minimum absolute atomic E-state index is 0.267. The standard InChI is InChI=1S/C13H17NO/c1-9-10(2)14-13-6-5-11(4-3-7-15)8-12(9)13/h5-6,8,14-15H,3-4,7H2,1-2H3. The summed E-state index contributed by atoms with van der Waals surface area (Å²) in [6.45, 7) is 4.51. The van der Waals surface area contributed by atoms with E-state index in [1.165, 1.54) is 27.7 Å². The monoisotopic (exact) mass is 203 g/mol. The van der Waals surface area contributed by atoms with E-state index in [1.54, 1.807) is 0 Å². The van der Waals surface area contributed by atoms with Gasteiger partial charge in [0.15, 0.2) is 0 Å². The van der Waals surface area contributed by atoms with Crippen LogP contribution in [0.4, 0.5) is 0 Å². The number of aromatic nitrogens is 1. The highest BCUT2D eigenvalue weighted by Crippen LogP contribution is 2.22. The van der Waals surface area contributed by atoms with E-state index in [2.05, 4.69) is 37.0 Å². The second-order valence-electron chi connectivity index (χ2n) is 4.08. The summed E-state index contributed by atoms with van der Waals surface area (Å²) in [5, 5.41) is 10.1. The molecule has 0 aliphatic heterocycles. The van der Waals surface area contributed by atoms with Gasteiger partial charge in [0.25, 0.3) is 0 Å². The van der Waals surface area contributed by atoms with Crippen LogP contribution < -0.4 is 0 Å². The van der Waals surface area contributed by atoms with Gasteiger partial charge in [0, 0.05) is 23.2 Å². The number of aryl methyl sites for hydroxylation is 3. The van der Waals surface area contributed by atoms with Gasteiger partial charge in [-0.2, -0.15) is 0 Å². The average Bonchev–Trinajstić information content (AvgIpc) is 2.52. The Hall–Kier alpha value is -1.28. The smallest absolute Gasteiger partial charge is 0.0458 e. The van der Waals surface area contributed by atoms with Crippen molar-refractivity contribution in [1.29, 1.82) is 0 Å². The lowest BCUT2D eigenvalue weighted by Gasteiger charge is -2.00. The highest BCUT2D eigenvalue weighted by Gasteiger charge is 2.04. The van der Waals surface area contributed by atoms with Crippen molar-refractivity contribution in [3.8, 4) is 0 Å². The SMILES string of the molecule is Cc1[nH]c2ccc(CCCO)cc2c1C. The van der Waals surface area contributed by atoms with Crippen molar-refractivity contribution in [2.45, 2.75) is 26.7 Å². The van der Waals surface area contributed by atoms with Crippen LogP contribution in [0.15, 0.2) is 18.2 Å². The first-order chi connectivity index (χ1) is 7.22. The Labute approximate surface area is 89.9 Å². The van der Waals surface area contributed by atoms with Crippen LogP contribution >= 0.6 is 0 Å². The van der Waals surface area contributed by atoms with Crippen LogP contribution in [0, 0.1) is 13.8 Å². The Balaban J connectivity index is 2.41. The molecule has 2 aromatic rings. The maximum atomic E-state index is 8.79. The number of aliphatic hydroxyl groups excluding tert-OH is 1. The van der Waals surface area contributed by atoms with Gasteiger partial charge in [0.2, 0.25) is 0 Å². The van der Waals surface area contributed by atoms with Crippen LogP contribution in [0.3, 0.4) is 0 Å². The van der Waals surface area contributed by atoms with E-state index in [9.17, 15) is 0 Å². The molecule has 1 heterocycles. The summed E-state index contributed by atoms with van der Waals surface area (Å²) in [4.78, 5) is 3.36. The van der Waals surface area contributed by atoms with Crippen LogP contribution in [-0.4, -0.2) is 16.7 Å². The van der Waals surface area contributed by atoms with Gasteiger partial charge < -0.3 is 10.1 Å². The Morgan fingerprint density at radius 1 is 1.27 bits per heavy atom. The molecule has 1 aromatic carbocycles. The number of hydrogen-bond acceptors (Lipinski definition) is 1. The van der Waals surface area contributed by atoms with Crippen LogP contribution in [0.1, 0.15) is 23.2 Å². The molecule has 0 aliphatic rings. The second kappa shape index (κ2) is 4.07. The quantitative estimate of drug-likeness (QED) is 0.790. The molecular formula is C13H17NO. The van der Waals surface area contributed by atoms with Crippen LogP contribution in [0.25, 0.3) is 10.9 Å². The predicted molar refractivity (Wildman–Crippen MR) is 63.2 cm³/mol. The van der Waals surface area contributed by atoms with Gasteiger partial charge in [-0.3, -0.25) is 0 Å². The fraction of sp³-hybridized carbons (Fsp3) is 0.385. The molecule has 0 spiro atoms. The van der Waals surface area contributed by atoms with Crippen LogP contribution in [0.5, 0.6) is 0 Å². The maximum absolute atomic E-state index is 8.79. The summed E-state index contributed by atoms with van der Waals surface area (Å²) in [5.41, 5.74) is 5.08. The molecule has 0 radical (unpaired) electrons. The highest BCUT2D eigenvalue weighted by atomic mass is 16.2. The van der Waals surface area contributed by atoms with Crippen molar-refractivity contribution in [3.05, 3.63) is 35.0 Å². The third-order valence-corrected chi connectivity index (χ3v) is 3.00. The van der Waals surface area contributed by atoms with Gasteiger partial charge in [-0.25, -0.2) is 0 Å². The molecule has 0 saturated heterocycles. The molecule has 2 heteroatoms. The van der Waals surface area contributed by atoms with Gasteiger partial charge in [0.05, 0.1) is 0 Å². The van der Waals surface area contributed by atoms with Crippen molar-refractivity contribution in [1.82, 2.24) is 4.98 Å². The molecule has 2 nitrogen and oxygen atoms in total. The fourth-order valence-electron chi connectivity index (χ4n) is 1.95. The predicted octanol–water partition coefficient (Wildman–Crippen LogP) is 2.71. The first-order valence-corrected chi connectivity index (χ1v) is 5.41. The van der Waals surface area contributed by atoms with E-state index in [0.717, 1.165) is 12.8 Å². The Bertz CT molecular complexity index is 471. The van der Waals surface area contributed by atoms with E-state index >= 15 is 0 Å². The Morgan fingerprint density at radius 3 is 2.80 bits per heavy atom. The number of fused-ring (bicyclic) bond motifs is 1. The molecule has 0 amide bonds. The molecule has 0 bridgehead atoms. The number of hydrogen-bond donors (Lipinski definition) is 2. The normalized spacial score (nSPS) is 11.1. The second-order valence-corrected chi connectivity index (χ2v) is 4.08. The molecule has 0 unspecified atom stereocenters. The highest BCUT2D eigenvalue weighted by molar-refractivity contribution is 5.84. The number of rotatable bonds is 3. The molecule has 0 fully saturated rings. The maximum Gasteiger partial charge on any atom is 0.0458 e. The van der Waals surface area contributed by atoms with Crippen molar-refractivity contribution in [3.63, 3.8) is 0 Å². The van der Waals surface area contributed by atoms with Crippen molar-refractivity contribution < 1.29 is 5.11 Å². The molecule has 0 atom stereocenters. The molecule has 1 aromatic heterocycles. The van der Waals surface area contributed by atoms with E-state index in [1.807, 2.05) is 0 Å². The molecule has 80 valence electrons. The largest absolute Gasteiger partial charge is 0.396 e. The fourth-order valence-corrected chi connectivity index (χ4v) is 1.95. The van der Waals surface area contributed by atoms with E-state index in [0.29, 0.717) is 0 Å². The summed E-state index contributed by atoms with van der Waals surface area (Å²) >= 11 is 0. The first kappa shape index (κ1) is 10.2. The van der Waals surface area contributed by atoms with Gasteiger partial charge in [-0.15, -0.1) is 0 Å². The van der Waals surface area contributed by atoms with E-state index in [-0.39, 0.29) is 6.61 Å². The number of aromatic amines is 1. The number of H-pyrrole nitrogens is 1. The van der Waals surface area contributed by atoms with Crippen LogP contribution in [0.2, 0.25) is 0 Å². The minimum Gasteiger partial charge on any atom is -0.396 e.